The highest BCUT2D eigenvalue weighted by Gasteiger charge is 2.25. The molecule has 0 amide bonds. The summed E-state index contributed by atoms with van der Waals surface area (Å²) in [6.07, 6.45) is 7.81. The van der Waals surface area contributed by atoms with E-state index in [4.69, 9.17) is 4.74 Å². The van der Waals surface area contributed by atoms with Crippen LogP contribution in [0.15, 0.2) is 30.7 Å². The third-order valence-corrected chi connectivity index (χ3v) is 5.11. The van der Waals surface area contributed by atoms with Gasteiger partial charge in [-0.05, 0) is 30.9 Å². The molecule has 4 rings (SSSR count). The van der Waals surface area contributed by atoms with Crippen LogP contribution in [-0.2, 0) is 17.8 Å². The van der Waals surface area contributed by atoms with Gasteiger partial charge >= 0.3 is 0 Å². The van der Waals surface area contributed by atoms with Crippen LogP contribution < -0.4 is 5.32 Å². The first-order chi connectivity index (χ1) is 12.4. The second kappa shape index (κ2) is 7.93. The van der Waals surface area contributed by atoms with Gasteiger partial charge in [0.05, 0.1) is 5.69 Å². The van der Waals surface area contributed by atoms with Crippen molar-refractivity contribution in [2.45, 2.75) is 25.9 Å². The summed E-state index contributed by atoms with van der Waals surface area (Å²) in [7, 11) is 0. The van der Waals surface area contributed by atoms with Crippen LogP contribution in [0.5, 0.6) is 0 Å². The number of nitrogens with zero attached hydrogens (tertiary/aromatic N) is 5. The van der Waals surface area contributed by atoms with E-state index in [1.807, 2.05) is 12.3 Å². The minimum atomic E-state index is 0.477. The van der Waals surface area contributed by atoms with E-state index < -0.39 is 0 Å². The Morgan fingerprint density at radius 3 is 2.76 bits per heavy atom. The van der Waals surface area contributed by atoms with Crippen molar-refractivity contribution in [3.8, 4) is 0 Å². The summed E-state index contributed by atoms with van der Waals surface area (Å²) in [6.45, 7) is 6.81. The van der Waals surface area contributed by atoms with E-state index in [0.717, 1.165) is 51.9 Å². The second-order valence-corrected chi connectivity index (χ2v) is 7.07. The highest BCUT2D eigenvalue weighted by atomic mass is 16.5. The molecule has 0 radical (unpaired) electrons. The summed E-state index contributed by atoms with van der Waals surface area (Å²) in [6, 6.07) is 3.98. The Bertz CT molecular complexity index is 655. The molecule has 0 aliphatic carbocycles. The highest BCUT2D eigenvalue weighted by molar-refractivity contribution is 5.22. The van der Waals surface area contributed by atoms with Crippen LogP contribution in [0.25, 0.3) is 0 Å². The lowest BCUT2D eigenvalue weighted by Gasteiger charge is -2.30. The lowest BCUT2D eigenvalue weighted by Crippen LogP contribution is -2.36. The molecule has 2 aliphatic heterocycles. The number of fused-ring (bicyclic) bond motifs is 1. The molecule has 4 heterocycles. The van der Waals surface area contributed by atoms with Crippen molar-refractivity contribution in [2.24, 2.45) is 11.8 Å². The maximum absolute atomic E-state index is 5.51. The van der Waals surface area contributed by atoms with Gasteiger partial charge in [0.15, 0.2) is 0 Å². The van der Waals surface area contributed by atoms with E-state index >= 15 is 0 Å². The number of hydrogen-bond acceptors (Lipinski definition) is 6. The van der Waals surface area contributed by atoms with Crippen LogP contribution in [-0.4, -0.2) is 57.5 Å². The Kier molecular flexibility index (Phi) is 5.22. The van der Waals surface area contributed by atoms with Crippen LogP contribution >= 0.6 is 0 Å². The third-order valence-electron chi connectivity index (χ3n) is 5.11. The molecule has 2 aliphatic rings. The van der Waals surface area contributed by atoms with E-state index in [2.05, 4.69) is 36.0 Å². The quantitative estimate of drug-likeness (QED) is 0.891. The van der Waals surface area contributed by atoms with Crippen molar-refractivity contribution in [3.63, 3.8) is 0 Å². The largest absolute Gasteiger partial charge is 0.381 e. The number of aromatic nitrogens is 4. The Balaban J connectivity index is 1.41. The minimum absolute atomic E-state index is 0.477. The van der Waals surface area contributed by atoms with Gasteiger partial charge < -0.3 is 10.1 Å². The van der Waals surface area contributed by atoms with E-state index in [1.54, 1.807) is 12.4 Å². The predicted molar refractivity (Wildman–Crippen MR) is 95.1 cm³/mol. The van der Waals surface area contributed by atoms with Crippen LogP contribution in [0.2, 0.25) is 0 Å². The molecular formula is C18H26N6O. The van der Waals surface area contributed by atoms with Crippen LogP contribution in [0.4, 0.5) is 5.95 Å². The molecule has 2 aromatic rings. The molecule has 0 spiro atoms. The second-order valence-electron chi connectivity index (χ2n) is 7.07. The summed E-state index contributed by atoms with van der Waals surface area (Å²) < 4.78 is 7.66. The van der Waals surface area contributed by atoms with E-state index in [0.29, 0.717) is 11.9 Å². The standard InChI is InChI=1S/C18H26N6O/c1-5-19-18(20-6-1)21-10-16-12-23(11-15-3-8-25-9-4-15)14-17-2-7-22-24(17)13-16/h1-2,5-7,15-16H,3-4,8-14H2,(H,19,20,21)/t16-/m1/s1. The van der Waals surface area contributed by atoms with Gasteiger partial charge in [-0.3, -0.25) is 9.58 Å². The zero-order valence-corrected chi connectivity index (χ0v) is 14.5. The summed E-state index contributed by atoms with van der Waals surface area (Å²) in [5, 5.41) is 7.89. The van der Waals surface area contributed by atoms with Gasteiger partial charge in [-0.2, -0.15) is 5.10 Å². The van der Waals surface area contributed by atoms with Crippen molar-refractivity contribution in [2.75, 3.05) is 38.2 Å². The fraction of sp³-hybridized carbons (Fsp3) is 0.611. The lowest BCUT2D eigenvalue weighted by molar-refractivity contribution is 0.0497. The fourth-order valence-corrected chi connectivity index (χ4v) is 3.81. The maximum atomic E-state index is 5.51. The number of nitrogens with one attached hydrogen (secondary N) is 1. The van der Waals surface area contributed by atoms with Crippen molar-refractivity contribution in [1.82, 2.24) is 24.6 Å². The molecule has 0 unspecified atom stereocenters. The van der Waals surface area contributed by atoms with Crippen molar-refractivity contribution in [3.05, 3.63) is 36.4 Å². The molecule has 1 saturated heterocycles. The van der Waals surface area contributed by atoms with E-state index in [1.165, 1.54) is 18.5 Å². The molecule has 2 aromatic heterocycles. The summed E-state index contributed by atoms with van der Waals surface area (Å²) in [4.78, 5) is 11.1. The van der Waals surface area contributed by atoms with Gasteiger partial charge in [0.25, 0.3) is 0 Å². The summed E-state index contributed by atoms with van der Waals surface area (Å²) >= 11 is 0. The van der Waals surface area contributed by atoms with Crippen molar-refractivity contribution < 1.29 is 4.74 Å². The number of hydrogen-bond donors (Lipinski definition) is 1. The first kappa shape index (κ1) is 16.5. The Morgan fingerprint density at radius 1 is 1.08 bits per heavy atom. The molecule has 0 bridgehead atoms. The zero-order chi connectivity index (χ0) is 16.9. The molecule has 25 heavy (non-hydrogen) atoms. The summed E-state index contributed by atoms with van der Waals surface area (Å²) in [5.74, 6) is 1.92. The fourth-order valence-electron chi connectivity index (χ4n) is 3.81. The Morgan fingerprint density at radius 2 is 1.92 bits per heavy atom. The van der Waals surface area contributed by atoms with Crippen LogP contribution in [0.1, 0.15) is 18.5 Å². The average Bonchev–Trinajstić information content (AvgIpc) is 3.01. The van der Waals surface area contributed by atoms with Gasteiger partial charge in [0, 0.05) is 70.4 Å². The Labute approximate surface area is 148 Å². The molecule has 0 saturated carbocycles. The molecule has 1 fully saturated rings. The van der Waals surface area contributed by atoms with Gasteiger partial charge in [-0.25, -0.2) is 9.97 Å². The predicted octanol–water partition coefficient (Wildman–Crippen LogP) is 1.64. The van der Waals surface area contributed by atoms with Gasteiger partial charge in [-0.15, -0.1) is 0 Å². The smallest absolute Gasteiger partial charge is 0.222 e. The Hall–Kier alpha value is -1.99. The average molecular weight is 342 g/mol. The number of ether oxygens (including phenoxy) is 1. The molecule has 134 valence electrons. The monoisotopic (exact) mass is 342 g/mol. The molecule has 7 heteroatoms. The van der Waals surface area contributed by atoms with E-state index in [9.17, 15) is 0 Å². The number of rotatable bonds is 5. The molecule has 1 N–H and O–H groups in total. The molecular weight excluding hydrogens is 316 g/mol. The minimum Gasteiger partial charge on any atom is -0.381 e. The normalized spacial score (nSPS) is 22.3. The first-order valence-electron chi connectivity index (χ1n) is 9.18. The van der Waals surface area contributed by atoms with Gasteiger partial charge in [0.1, 0.15) is 0 Å². The summed E-state index contributed by atoms with van der Waals surface area (Å²) in [5.41, 5.74) is 1.31. The van der Waals surface area contributed by atoms with Crippen molar-refractivity contribution in [1.29, 1.82) is 0 Å². The molecule has 7 nitrogen and oxygen atoms in total. The maximum Gasteiger partial charge on any atom is 0.222 e. The van der Waals surface area contributed by atoms with Crippen molar-refractivity contribution >= 4 is 5.95 Å². The lowest BCUT2D eigenvalue weighted by atomic mass is 9.99. The molecule has 1 atom stereocenters. The first-order valence-corrected chi connectivity index (χ1v) is 9.18. The van der Waals surface area contributed by atoms with Crippen LogP contribution in [0, 0.1) is 11.8 Å². The highest BCUT2D eigenvalue weighted by Crippen LogP contribution is 2.21. The van der Waals surface area contributed by atoms with Gasteiger partial charge in [0.2, 0.25) is 5.95 Å². The molecule has 0 aromatic carbocycles. The number of anilines is 1. The third kappa shape index (κ3) is 4.35. The van der Waals surface area contributed by atoms with Crippen LogP contribution in [0.3, 0.4) is 0 Å². The topological polar surface area (TPSA) is 68.1 Å². The van der Waals surface area contributed by atoms with Gasteiger partial charge in [-0.1, -0.05) is 0 Å². The zero-order valence-electron chi connectivity index (χ0n) is 14.5. The van der Waals surface area contributed by atoms with E-state index in [-0.39, 0.29) is 0 Å². The SMILES string of the molecule is c1cnc(NC[C@@H]2CN(CC3CCOCC3)Cc3ccnn3C2)nc1.